The van der Waals surface area contributed by atoms with Crippen LogP contribution in [0.25, 0.3) is 0 Å². The molecule has 0 amide bonds. The van der Waals surface area contributed by atoms with Gasteiger partial charge < -0.3 is 18.7 Å². The van der Waals surface area contributed by atoms with E-state index in [0.29, 0.717) is 12.3 Å². The van der Waals surface area contributed by atoms with Gasteiger partial charge in [0.05, 0.1) is 13.7 Å². The molecule has 6 nitrogen and oxygen atoms in total. The van der Waals surface area contributed by atoms with Crippen LogP contribution in [0.1, 0.15) is 5.56 Å². The standard InChI is InChI=1S/C20H26N2O4S/c1-25-19-9-7-18(8-10-19)17-22-13-11-21(12-14-22)15-16-27(23,24)26-20-5-3-2-4-6-20/h2-10H,11-17H2,1H3/p+2. The Labute approximate surface area is 161 Å². The third-order valence-corrected chi connectivity index (χ3v) is 6.10. The number of rotatable bonds is 8. The van der Waals surface area contributed by atoms with Crippen molar-refractivity contribution in [1.29, 1.82) is 0 Å². The second-order valence-corrected chi connectivity index (χ2v) is 8.62. The summed E-state index contributed by atoms with van der Waals surface area (Å²) in [5.41, 5.74) is 1.30. The maximum Gasteiger partial charge on any atom is 0.314 e. The number of ether oxygens (including phenoxy) is 1. The molecule has 0 aromatic heterocycles. The number of nitrogens with one attached hydrogen (secondary N) is 2. The summed E-state index contributed by atoms with van der Waals surface area (Å²) in [6.45, 7) is 5.62. The molecule has 27 heavy (non-hydrogen) atoms. The highest BCUT2D eigenvalue weighted by Gasteiger charge is 2.25. The SMILES string of the molecule is COc1ccc(C[NH+]2CC[NH+](CCS(=O)(=O)Oc3ccccc3)CC2)cc1. The summed E-state index contributed by atoms with van der Waals surface area (Å²) < 4.78 is 34.6. The summed E-state index contributed by atoms with van der Waals surface area (Å²) in [6, 6.07) is 16.9. The summed E-state index contributed by atoms with van der Waals surface area (Å²) >= 11 is 0. The molecule has 1 aliphatic heterocycles. The van der Waals surface area contributed by atoms with Gasteiger partial charge in [-0.1, -0.05) is 18.2 Å². The fraction of sp³-hybridized carbons (Fsp3) is 0.400. The van der Waals surface area contributed by atoms with E-state index in [2.05, 4.69) is 12.1 Å². The van der Waals surface area contributed by atoms with Crippen molar-refractivity contribution in [1.82, 2.24) is 0 Å². The Balaban J connectivity index is 1.41. The minimum Gasteiger partial charge on any atom is -0.497 e. The average molecular weight is 393 g/mol. The summed E-state index contributed by atoms with van der Waals surface area (Å²) in [6.07, 6.45) is 0. The van der Waals surface area contributed by atoms with Crippen molar-refractivity contribution in [3.8, 4) is 11.5 Å². The van der Waals surface area contributed by atoms with E-state index in [1.807, 2.05) is 18.2 Å². The van der Waals surface area contributed by atoms with Gasteiger partial charge in [-0.05, 0) is 36.4 Å². The van der Waals surface area contributed by atoms with Gasteiger partial charge in [0.1, 0.15) is 50.0 Å². The molecule has 0 atom stereocenters. The molecule has 0 spiro atoms. The number of hydrogen-bond acceptors (Lipinski definition) is 4. The molecule has 3 rings (SSSR count). The first-order valence-corrected chi connectivity index (χ1v) is 10.9. The first-order chi connectivity index (χ1) is 13.0. The normalized spacial score (nSPS) is 20.2. The molecule has 2 aromatic carbocycles. The quantitative estimate of drug-likeness (QED) is 0.589. The van der Waals surface area contributed by atoms with E-state index in [1.165, 1.54) is 15.4 Å². The average Bonchev–Trinajstić information content (AvgIpc) is 2.69. The molecule has 1 aliphatic rings. The molecule has 1 heterocycles. The topological polar surface area (TPSA) is 61.5 Å². The third-order valence-electron chi connectivity index (χ3n) is 4.95. The highest BCUT2D eigenvalue weighted by Crippen LogP contribution is 2.11. The highest BCUT2D eigenvalue weighted by molar-refractivity contribution is 7.87. The van der Waals surface area contributed by atoms with Gasteiger partial charge in [-0.15, -0.1) is 0 Å². The van der Waals surface area contributed by atoms with Crippen LogP contribution in [0.3, 0.4) is 0 Å². The number of hydrogen-bond donors (Lipinski definition) is 2. The lowest BCUT2D eigenvalue weighted by molar-refractivity contribution is -1.02. The molecule has 0 unspecified atom stereocenters. The van der Waals surface area contributed by atoms with Gasteiger partial charge in [-0.25, -0.2) is 0 Å². The van der Waals surface area contributed by atoms with E-state index < -0.39 is 10.1 Å². The minimum absolute atomic E-state index is 0.0467. The van der Waals surface area contributed by atoms with Gasteiger partial charge in [0.25, 0.3) is 0 Å². The maximum atomic E-state index is 12.1. The van der Waals surface area contributed by atoms with Crippen LogP contribution >= 0.6 is 0 Å². The van der Waals surface area contributed by atoms with Crippen molar-refractivity contribution in [3.63, 3.8) is 0 Å². The first-order valence-electron chi connectivity index (χ1n) is 9.31. The monoisotopic (exact) mass is 392 g/mol. The zero-order chi connectivity index (χ0) is 19.1. The summed E-state index contributed by atoms with van der Waals surface area (Å²) in [5.74, 6) is 1.30. The number of methoxy groups -OCH3 is 1. The van der Waals surface area contributed by atoms with Crippen molar-refractivity contribution in [2.24, 2.45) is 0 Å². The zero-order valence-corrected chi connectivity index (χ0v) is 16.5. The Morgan fingerprint density at radius 2 is 1.48 bits per heavy atom. The van der Waals surface area contributed by atoms with Gasteiger partial charge in [-0.3, -0.25) is 0 Å². The molecule has 7 heteroatoms. The number of para-hydroxylation sites is 1. The largest absolute Gasteiger partial charge is 0.497 e. The number of quaternary nitrogens is 2. The Bertz CT molecular complexity index is 802. The Morgan fingerprint density at radius 1 is 0.852 bits per heavy atom. The van der Waals surface area contributed by atoms with Crippen LogP contribution in [0.5, 0.6) is 11.5 Å². The van der Waals surface area contributed by atoms with E-state index in [1.54, 1.807) is 31.4 Å². The van der Waals surface area contributed by atoms with Crippen molar-refractivity contribution >= 4 is 10.1 Å². The Hall–Kier alpha value is -2.09. The van der Waals surface area contributed by atoms with Crippen LogP contribution in [0.2, 0.25) is 0 Å². The van der Waals surface area contributed by atoms with E-state index in [9.17, 15) is 8.42 Å². The smallest absolute Gasteiger partial charge is 0.314 e. The lowest BCUT2D eigenvalue weighted by atomic mass is 10.2. The van der Waals surface area contributed by atoms with Crippen LogP contribution < -0.4 is 18.7 Å². The predicted octanol–water partition coefficient (Wildman–Crippen LogP) is -0.613. The molecule has 1 fully saturated rings. The molecule has 0 bridgehead atoms. The van der Waals surface area contributed by atoms with Crippen LogP contribution in [-0.4, -0.2) is 54.0 Å². The van der Waals surface area contributed by atoms with Crippen molar-refractivity contribution in [2.45, 2.75) is 6.54 Å². The minimum atomic E-state index is -3.54. The van der Waals surface area contributed by atoms with Gasteiger partial charge in [0, 0.05) is 5.56 Å². The van der Waals surface area contributed by atoms with Gasteiger partial charge in [0.15, 0.2) is 0 Å². The molecular weight excluding hydrogens is 364 g/mol. The van der Waals surface area contributed by atoms with Gasteiger partial charge in [-0.2, -0.15) is 8.42 Å². The molecule has 146 valence electrons. The highest BCUT2D eigenvalue weighted by atomic mass is 32.2. The fourth-order valence-corrected chi connectivity index (χ4v) is 4.38. The molecule has 0 saturated carbocycles. The summed E-state index contributed by atoms with van der Waals surface area (Å²) in [4.78, 5) is 2.86. The van der Waals surface area contributed by atoms with Crippen LogP contribution in [0, 0.1) is 0 Å². The second-order valence-electron chi connectivity index (χ2n) is 6.93. The molecule has 1 saturated heterocycles. The van der Waals surface area contributed by atoms with Crippen LogP contribution in [0.15, 0.2) is 54.6 Å². The molecule has 0 aliphatic carbocycles. The number of benzene rings is 2. The zero-order valence-electron chi connectivity index (χ0n) is 15.7. The van der Waals surface area contributed by atoms with E-state index >= 15 is 0 Å². The summed E-state index contributed by atoms with van der Waals surface area (Å²) in [5, 5.41) is 0. The van der Waals surface area contributed by atoms with Crippen molar-refractivity contribution < 1.29 is 27.1 Å². The molecule has 2 N–H and O–H groups in total. The van der Waals surface area contributed by atoms with Gasteiger partial charge >= 0.3 is 10.1 Å². The van der Waals surface area contributed by atoms with E-state index in [0.717, 1.165) is 38.5 Å². The molecular formula is C20H28N2O4S+2. The first kappa shape index (κ1) is 19.7. The van der Waals surface area contributed by atoms with Gasteiger partial charge in [0.2, 0.25) is 0 Å². The second kappa shape index (κ2) is 9.21. The van der Waals surface area contributed by atoms with Crippen LogP contribution in [0.4, 0.5) is 0 Å². The Kier molecular flexibility index (Phi) is 6.71. The Morgan fingerprint density at radius 3 is 2.11 bits per heavy atom. The predicted molar refractivity (Wildman–Crippen MR) is 104 cm³/mol. The summed E-state index contributed by atoms with van der Waals surface area (Å²) in [7, 11) is -1.87. The fourth-order valence-electron chi connectivity index (χ4n) is 3.35. The molecule has 2 aromatic rings. The van der Waals surface area contributed by atoms with Crippen molar-refractivity contribution in [2.75, 3.05) is 45.6 Å². The lowest BCUT2D eigenvalue weighted by Gasteiger charge is -2.29. The lowest BCUT2D eigenvalue weighted by Crippen LogP contribution is -3.27. The molecule has 0 radical (unpaired) electrons. The number of piperazine rings is 1. The maximum absolute atomic E-state index is 12.1. The van der Waals surface area contributed by atoms with Crippen molar-refractivity contribution in [3.05, 3.63) is 60.2 Å². The van der Waals surface area contributed by atoms with E-state index in [4.69, 9.17) is 8.92 Å². The van der Waals surface area contributed by atoms with E-state index in [-0.39, 0.29) is 5.75 Å². The van der Waals surface area contributed by atoms with Crippen LogP contribution in [-0.2, 0) is 16.7 Å². The third kappa shape index (κ3) is 6.23.